The van der Waals surface area contributed by atoms with Gasteiger partial charge in [-0.15, -0.1) is 11.8 Å². The van der Waals surface area contributed by atoms with Gasteiger partial charge in [-0.05, 0) is 0 Å². The summed E-state index contributed by atoms with van der Waals surface area (Å²) in [5.41, 5.74) is -0.149. The van der Waals surface area contributed by atoms with Gasteiger partial charge in [-0.25, -0.2) is 9.48 Å². The average molecular weight is 201 g/mol. The predicted octanol–water partition coefficient (Wildman–Crippen LogP) is 1.14. The maximum absolute atomic E-state index is 11.0. The fourth-order valence-electron chi connectivity index (χ4n) is 0.806. The van der Waals surface area contributed by atoms with E-state index in [1.807, 2.05) is 0 Å². The Hall–Kier alpha value is -0.710. The minimum atomic E-state index is -0.149. The lowest BCUT2D eigenvalue weighted by Crippen LogP contribution is -2.13. The van der Waals surface area contributed by atoms with Crippen LogP contribution < -0.4 is 5.69 Å². The predicted molar refractivity (Wildman–Crippen MR) is 54.9 cm³/mol. The first-order chi connectivity index (χ1) is 5.88. The van der Waals surface area contributed by atoms with Gasteiger partial charge in [0.25, 0.3) is 0 Å². The number of aromatic nitrogens is 3. The van der Waals surface area contributed by atoms with E-state index in [4.69, 9.17) is 0 Å². The summed E-state index contributed by atoms with van der Waals surface area (Å²) in [5, 5.41) is 4.04. The van der Waals surface area contributed by atoms with E-state index >= 15 is 0 Å². The van der Waals surface area contributed by atoms with Crippen LogP contribution in [0.4, 0.5) is 0 Å². The van der Waals surface area contributed by atoms with Gasteiger partial charge in [0.1, 0.15) is 5.82 Å². The number of hydrogen-bond donors (Lipinski definition) is 1. The molecule has 0 atom stereocenters. The largest absolute Gasteiger partial charge is 0.343 e. The first-order valence-electron chi connectivity index (χ1n) is 4.14. The smallest absolute Gasteiger partial charge is 0.292 e. The van der Waals surface area contributed by atoms with Crippen molar-refractivity contribution in [1.82, 2.24) is 14.8 Å². The quantitative estimate of drug-likeness (QED) is 0.780. The summed E-state index contributed by atoms with van der Waals surface area (Å²) in [5.74, 6) is 1.49. The van der Waals surface area contributed by atoms with Gasteiger partial charge in [0.05, 0.1) is 5.75 Å². The number of aromatic amines is 1. The van der Waals surface area contributed by atoms with E-state index in [1.54, 1.807) is 18.8 Å². The summed E-state index contributed by atoms with van der Waals surface area (Å²) >= 11 is 1.76. The van der Waals surface area contributed by atoms with Crippen molar-refractivity contribution in [2.45, 2.75) is 31.3 Å². The SMILES string of the molecule is Cn1nc(CSC(C)(C)C)[nH]c1=O. The minimum absolute atomic E-state index is 0.149. The van der Waals surface area contributed by atoms with Crippen LogP contribution in [0.3, 0.4) is 0 Å². The van der Waals surface area contributed by atoms with Crippen LogP contribution >= 0.6 is 11.8 Å². The van der Waals surface area contributed by atoms with Crippen LogP contribution in [0.5, 0.6) is 0 Å². The number of rotatable bonds is 2. The zero-order valence-corrected chi connectivity index (χ0v) is 9.23. The molecule has 0 aromatic carbocycles. The summed E-state index contributed by atoms with van der Waals surface area (Å²) in [7, 11) is 1.64. The molecular formula is C8H15N3OS. The van der Waals surface area contributed by atoms with Gasteiger partial charge in [0.2, 0.25) is 0 Å². The van der Waals surface area contributed by atoms with Gasteiger partial charge < -0.3 is 0 Å². The van der Waals surface area contributed by atoms with E-state index in [2.05, 4.69) is 30.9 Å². The fraction of sp³-hybridized carbons (Fsp3) is 0.750. The Balaban J connectivity index is 2.61. The van der Waals surface area contributed by atoms with Gasteiger partial charge in [0, 0.05) is 11.8 Å². The molecule has 0 saturated heterocycles. The number of hydrogen-bond acceptors (Lipinski definition) is 3. The van der Waals surface area contributed by atoms with Crippen LogP contribution in [0.15, 0.2) is 4.79 Å². The summed E-state index contributed by atoms with van der Waals surface area (Å²) in [4.78, 5) is 13.7. The number of nitrogens with one attached hydrogen (secondary N) is 1. The van der Waals surface area contributed by atoms with Crippen molar-refractivity contribution in [3.05, 3.63) is 16.3 Å². The fourth-order valence-corrected chi connectivity index (χ4v) is 1.51. The lowest BCUT2D eigenvalue weighted by Gasteiger charge is -2.15. The van der Waals surface area contributed by atoms with E-state index in [1.165, 1.54) is 4.68 Å². The van der Waals surface area contributed by atoms with Gasteiger partial charge in [-0.1, -0.05) is 20.8 Å². The van der Waals surface area contributed by atoms with Crippen molar-refractivity contribution in [2.24, 2.45) is 7.05 Å². The molecule has 0 saturated carbocycles. The summed E-state index contributed by atoms with van der Waals surface area (Å²) in [6.07, 6.45) is 0. The van der Waals surface area contributed by atoms with Gasteiger partial charge in [0.15, 0.2) is 0 Å². The lowest BCUT2D eigenvalue weighted by atomic mass is 10.3. The molecule has 4 nitrogen and oxygen atoms in total. The lowest BCUT2D eigenvalue weighted by molar-refractivity contribution is 0.726. The van der Waals surface area contributed by atoms with E-state index in [9.17, 15) is 4.79 Å². The second-order valence-corrected chi connectivity index (χ2v) is 5.70. The van der Waals surface area contributed by atoms with Gasteiger partial charge >= 0.3 is 5.69 Å². The Bertz CT molecular complexity index is 334. The van der Waals surface area contributed by atoms with Gasteiger partial charge in [-0.2, -0.15) is 5.10 Å². The number of aryl methyl sites for hydroxylation is 1. The molecule has 0 radical (unpaired) electrons. The molecule has 74 valence electrons. The van der Waals surface area contributed by atoms with Crippen molar-refractivity contribution in [2.75, 3.05) is 0 Å². The van der Waals surface area contributed by atoms with E-state index in [-0.39, 0.29) is 10.4 Å². The Morgan fingerprint density at radius 2 is 2.15 bits per heavy atom. The molecule has 0 aliphatic heterocycles. The van der Waals surface area contributed by atoms with Crippen molar-refractivity contribution in [3.63, 3.8) is 0 Å². The van der Waals surface area contributed by atoms with Crippen LogP contribution in [0.25, 0.3) is 0 Å². The molecule has 0 bridgehead atoms. The molecule has 1 rings (SSSR count). The maximum atomic E-state index is 11.0. The molecular weight excluding hydrogens is 186 g/mol. The first kappa shape index (κ1) is 10.4. The number of H-pyrrole nitrogens is 1. The molecule has 0 amide bonds. The van der Waals surface area contributed by atoms with Crippen molar-refractivity contribution < 1.29 is 0 Å². The molecule has 0 unspecified atom stereocenters. The number of nitrogens with zero attached hydrogens (tertiary/aromatic N) is 2. The Kier molecular flexibility index (Phi) is 2.85. The Labute approximate surface area is 81.7 Å². The molecule has 0 spiro atoms. The van der Waals surface area contributed by atoms with E-state index < -0.39 is 0 Å². The summed E-state index contributed by atoms with van der Waals surface area (Å²) < 4.78 is 1.52. The molecule has 0 aliphatic carbocycles. The highest BCUT2D eigenvalue weighted by molar-refractivity contribution is 7.99. The zero-order valence-electron chi connectivity index (χ0n) is 8.42. The highest BCUT2D eigenvalue weighted by Crippen LogP contribution is 2.25. The number of thioether (sulfide) groups is 1. The second kappa shape index (κ2) is 3.57. The Morgan fingerprint density at radius 3 is 2.54 bits per heavy atom. The summed E-state index contributed by atoms with van der Waals surface area (Å²) in [6.45, 7) is 6.41. The highest BCUT2D eigenvalue weighted by atomic mass is 32.2. The summed E-state index contributed by atoms with van der Waals surface area (Å²) in [6, 6.07) is 0. The van der Waals surface area contributed by atoms with Crippen molar-refractivity contribution in [1.29, 1.82) is 0 Å². The van der Waals surface area contributed by atoms with E-state index in [0.29, 0.717) is 0 Å². The third kappa shape index (κ3) is 3.26. The standard InChI is InChI=1S/C8H15N3OS/c1-8(2,3)13-5-6-9-7(12)11(4)10-6/h5H2,1-4H3,(H,9,10,12). The van der Waals surface area contributed by atoms with Crippen molar-refractivity contribution >= 4 is 11.8 Å². The molecule has 13 heavy (non-hydrogen) atoms. The maximum Gasteiger partial charge on any atom is 0.343 e. The third-order valence-electron chi connectivity index (χ3n) is 1.46. The van der Waals surface area contributed by atoms with Crippen LogP contribution in [0.2, 0.25) is 0 Å². The topological polar surface area (TPSA) is 50.7 Å². The monoisotopic (exact) mass is 201 g/mol. The van der Waals surface area contributed by atoms with Crippen LogP contribution in [-0.2, 0) is 12.8 Å². The molecule has 1 heterocycles. The first-order valence-corrected chi connectivity index (χ1v) is 5.13. The minimum Gasteiger partial charge on any atom is -0.292 e. The average Bonchev–Trinajstić information content (AvgIpc) is 2.27. The normalized spacial score (nSPS) is 12.0. The van der Waals surface area contributed by atoms with Crippen LogP contribution in [0.1, 0.15) is 26.6 Å². The van der Waals surface area contributed by atoms with Crippen molar-refractivity contribution in [3.8, 4) is 0 Å². The molecule has 1 aromatic heterocycles. The molecule has 1 aromatic rings. The third-order valence-corrected chi connectivity index (χ3v) is 2.74. The highest BCUT2D eigenvalue weighted by Gasteiger charge is 2.12. The Morgan fingerprint density at radius 1 is 1.54 bits per heavy atom. The van der Waals surface area contributed by atoms with Crippen LogP contribution in [0, 0.1) is 0 Å². The molecule has 1 N–H and O–H groups in total. The molecule has 0 aliphatic rings. The van der Waals surface area contributed by atoms with Crippen LogP contribution in [-0.4, -0.2) is 19.5 Å². The molecule has 0 fully saturated rings. The zero-order chi connectivity index (χ0) is 10.1. The van der Waals surface area contributed by atoms with E-state index in [0.717, 1.165) is 11.6 Å². The van der Waals surface area contributed by atoms with Gasteiger partial charge in [-0.3, -0.25) is 4.98 Å². The molecule has 5 heteroatoms. The second-order valence-electron chi connectivity index (χ2n) is 3.90.